The van der Waals surface area contributed by atoms with E-state index in [9.17, 15) is 4.79 Å². The van der Waals surface area contributed by atoms with Crippen molar-refractivity contribution in [3.05, 3.63) is 59.2 Å². The number of anilines is 1. The number of pyridine rings is 1. The van der Waals surface area contributed by atoms with Crippen LogP contribution < -0.4 is 10.1 Å². The van der Waals surface area contributed by atoms with Crippen LogP contribution in [0.25, 0.3) is 21.1 Å². The van der Waals surface area contributed by atoms with Crippen LogP contribution in [-0.2, 0) is 0 Å². The van der Waals surface area contributed by atoms with E-state index >= 15 is 0 Å². The molecule has 124 valence electrons. The average molecular weight is 370 g/mol. The van der Waals surface area contributed by atoms with E-state index in [4.69, 9.17) is 16.3 Å². The van der Waals surface area contributed by atoms with Crippen LogP contribution in [0.5, 0.6) is 5.75 Å². The molecule has 0 atom stereocenters. The molecule has 25 heavy (non-hydrogen) atoms. The normalized spacial score (nSPS) is 11.0. The van der Waals surface area contributed by atoms with Crippen LogP contribution in [0, 0.1) is 0 Å². The van der Waals surface area contributed by atoms with Gasteiger partial charge in [0.2, 0.25) is 0 Å². The number of rotatable bonds is 3. The maximum atomic E-state index is 12.5. The second-order valence-electron chi connectivity index (χ2n) is 5.32. The van der Waals surface area contributed by atoms with Gasteiger partial charge >= 0.3 is 0 Å². The molecule has 0 radical (unpaired) electrons. The molecular weight excluding hydrogens is 358 g/mol. The smallest absolute Gasteiger partial charge is 0.257 e. The van der Waals surface area contributed by atoms with Gasteiger partial charge in [-0.2, -0.15) is 0 Å². The lowest BCUT2D eigenvalue weighted by molar-refractivity contribution is 0.102. The molecule has 0 bridgehead atoms. The summed E-state index contributed by atoms with van der Waals surface area (Å²) in [7, 11) is 1.60. The van der Waals surface area contributed by atoms with Gasteiger partial charge in [0, 0.05) is 10.9 Å². The van der Waals surface area contributed by atoms with E-state index in [1.165, 1.54) is 11.3 Å². The minimum Gasteiger partial charge on any atom is -0.494 e. The number of aromatic nitrogens is 2. The Hall–Kier alpha value is -2.70. The van der Waals surface area contributed by atoms with Crippen LogP contribution in [-0.4, -0.2) is 23.0 Å². The molecule has 4 aromatic rings. The Morgan fingerprint density at radius 1 is 1.16 bits per heavy atom. The first-order valence-corrected chi connectivity index (χ1v) is 8.65. The van der Waals surface area contributed by atoms with Crippen molar-refractivity contribution >= 4 is 55.1 Å². The van der Waals surface area contributed by atoms with Crippen molar-refractivity contribution in [2.24, 2.45) is 0 Å². The van der Waals surface area contributed by atoms with Gasteiger partial charge in [-0.25, -0.2) is 9.97 Å². The average Bonchev–Trinajstić information content (AvgIpc) is 3.03. The Morgan fingerprint density at radius 2 is 2.04 bits per heavy atom. The van der Waals surface area contributed by atoms with Gasteiger partial charge in [-0.3, -0.25) is 10.1 Å². The molecule has 7 heteroatoms. The molecule has 2 heterocycles. The van der Waals surface area contributed by atoms with Gasteiger partial charge in [-0.05, 0) is 42.5 Å². The Bertz CT molecular complexity index is 1110. The predicted molar refractivity (Wildman–Crippen MR) is 101 cm³/mol. The molecule has 1 amide bonds. The van der Waals surface area contributed by atoms with Gasteiger partial charge in [-0.15, -0.1) is 0 Å². The third-order valence-corrected chi connectivity index (χ3v) is 4.89. The summed E-state index contributed by atoms with van der Waals surface area (Å²) in [6.07, 6.45) is 0. The molecule has 0 aliphatic rings. The number of nitrogens with one attached hydrogen (secondary N) is 1. The summed E-state index contributed by atoms with van der Waals surface area (Å²) in [5.41, 5.74) is 2.01. The van der Waals surface area contributed by atoms with Crippen LogP contribution in [0.3, 0.4) is 0 Å². The Balaban J connectivity index is 1.64. The summed E-state index contributed by atoms with van der Waals surface area (Å²) >= 11 is 7.29. The summed E-state index contributed by atoms with van der Waals surface area (Å²) in [5, 5.41) is 4.64. The summed E-state index contributed by atoms with van der Waals surface area (Å²) in [6, 6.07) is 14.5. The monoisotopic (exact) mass is 369 g/mol. The van der Waals surface area contributed by atoms with Crippen molar-refractivity contribution in [3.8, 4) is 5.75 Å². The number of carbonyl (C=O) groups excluding carboxylic acids is 1. The lowest BCUT2D eigenvalue weighted by Gasteiger charge is -2.03. The lowest BCUT2D eigenvalue weighted by Crippen LogP contribution is -2.11. The molecule has 0 saturated heterocycles. The number of methoxy groups -OCH3 is 1. The molecule has 5 nitrogen and oxygen atoms in total. The van der Waals surface area contributed by atoms with E-state index in [-0.39, 0.29) is 5.91 Å². The Kier molecular flexibility index (Phi) is 3.99. The second kappa shape index (κ2) is 6.31. The number of benzene rings is 2. The zero-order chi connectivity index (χ0) is 17.4. The highest BCUT2D eigenvalue weighted by Crippen LogP contribution is 2.32. The van der Waals surface area contributed by atoms with Crippen molar-refractivity contribution in [2.45, 2.75) is 0 Å². The van der Waals surface area contributed by atoms with Crippen molar-refractivity contribution in [2.75, 3.05) is 12.4 Å². The number of nitrogens with zero attached hydrogens (tertiary/aromatic N) is 2. The van der Waals surface area contributed by atoms with Gasteiger partial charge in [0.05, 0.1) is 17.3 Å². The van der Waals surface area contributed by atoms with Crippen molar-refractivity contribution in [1.29, 1.82) is 0 Å². The summed E-state index contributed by atoms with van der Waals surface area (Å²) < 4.78 is 6.25. The third-order valence-electron chi connectivity index (χ3n) is 3.74. The first-order chi connectivity index (χ1) is 12.1. The van der Waals surface area contributed by atoms with Crippen molar-refractivity contribution in [3.63, 3.8) is 0 Å². The highest BCUT2D eigenvalue weighted by molar-refractivity contribution is 7.22. The van der Waals surface area contributed by atoms with E-state index in [0.717, 1.165) is 21.1 Å². The second-order valence-corrected chi connectivity index (χ2v) is 6.74. The molecular formula is C18H12ClN3O2S. The number of fused-ring (bicyclic) bond motifs is 2. The summed E-state index contributed by atoms with van der Waals surface area (Å²) in [4.78, 5) is 21.2. The minimum absolute atomic E-state index is 0.227. The number of hydrogen-bond donors (Lipinski definition) is 1. The fourth-order valence-corrected chi connectivity index (χ4v) is 3.59. The Labute approximate surface area is 152 Å². The van der Waals surface area contributed by atoms with Gasteiger partial charge in [0.25, 0.3) is 5.91 Å². The topological polar surface area (TPSA) is 64.1 Å². The number of para-hydroxylation sites is 1. The van der Waals surface area contributed by atoms with Gasteiger partial charge in [-0.1, -0.05) is 29.0 Å². The SMILES string of the molecule is COc1cccc2sc(NC(=O)c3ccc4nc(Cl)ccc4c3)nc12. The predicted octanol–water partition coefficient (Wildman–Crippen LogP) is 4.76. The molecule has 0 saturated carbocycles. The van der Waals surface area contributed by atoms with E-state index in [1.54, 1.807) is 31.4 Å². The van der Waals surface area contributed by atoms with Crippen LogP contribution in [0.2, 0.25) is 5.15 Å². The first-order valence-electron chi connectivity index (χ1n) is 7.45. The number of carbonyl (C=O) groups is 1. The molecule has 2 aromatic heterocycles. The van der Waals surface area contributed by atoms with Crippen LogP contribution in [0.4, 0.5) is 5.13 Å². The fourth-order valence-electron chi connectivity index (χ4n) is 2.55. The third kappa shape index (κ3) is 3.01. The first kappa shape index (κ1) is 15.8. The number of hydrogen-bond acceptors (Lipinski definition) is 5. The van der Waals surface area contributed by atoms with Crippen molar-refractivity contribution < 1.29 is 9.53 Å². The molecule has 2 aromatic carbocycles. The molecule has 1 N–H and O–H groups in total. The van der Waals surface area contributed by atoms with Crippen LogP contribution >= 0.6 is 22.9 Å². The molecule has 4 rings (SSSR count). The van der Waals surface area contributed by atoms with Gasteiger partial charge in [0.1, 0.15) is 16.4 Å². The van der Waals surface area contributed by atoms with E-state index < -0.39 is 0 Å². The molecule has 0 aliphatic heterocycles. The maximum absolute atomic E-state index is 12.5. The molecule has 0 fully saturated rings. The number of thiazole rings is 1. The number of halogens is 1. The summed E-state index contributed by atoms with van der Waals surface area (Å²) in [5.74, 6) is 0.456. The largest absolute Gasteiger partial charge is 0.494 e. The van der Waals surface area contributed by atoms with Gasteiger partial charge < -0.3 is 4.74 Å². The van der Waals surface area contributed by atoms with E-state index in [0.29, 0.717) is 21.6 Å². The Morgan fingerprint density at radius 3 is 2.88 bits per heavy atom. The number of amides is 1. The highest BCUT2D eigenvalue weighted by atomic mass is 35.5. The van der Waals surface area contributed by atoms with Gasteiger partial charge in [0.15, 0.2) is 5.13 Å². The standard InChI is InChI=1S/C18H12ClN3O2S/c1-24-13-3-2-4-14-16(13)21-18(25-14)22-17(23)11-5-7-12-10(9-11)6-8-15(19)20-12/h2-9H,1H3,(H,21,22,23). The van der Waals surface area contributed by atoms with E-state index in [2.05, 4.69) is 15.3 Å². The fraction of sp³-hybridized carbons (Fsp3) is 0.0556. The molecule has 0 unspecified atom stereocenters. The maximum Gasteiger partial charge on any atom is 0.257 e. The molecule has 0 aliphatic carbocycles. The quantitative estimate of drug-likeness (QED) is 0.529. The highest BCUT2D eigenvalue weighted by Gasteiger charge is 2.13. The number of ether oxygens (including phenoxy) is 1. The zero-order valence-corrected chi connectivity index (χ0v) is 14.7. The van der Waals surface area contributed by atoms with Crippen molar-refractivity contribution in [1.82, 2.24) is 9.97 Å². The van der Waals surface area contributed by atoms with Crippen LogP contribution in [0.1, 0.15) is 10.4 Å². The van der Waals surface area contributed by atoms with Crippen LogP contribution in [0.15, 0.2) is 48.5 Å². The lowest BCUT2D eigenvalue weighted by atomic mass is 10.1. The summed E-state index contributed by atoms with van der Waals surface area (Å²) in [6.45, 7) is 0. The minimum atomic E-state index is -0.227. The zero-order valence-electron chi connectivity index (χ0n) is 13.1. The molecule has 0 spiro atoms. The van der Waals surface area contributed by atoms with E-state index in [1.807, 2.05) is 24.3 Å².